The van der Waals surface area contributed by atoms with Gasteiger partial charge in [-0.05, 0) is 48.6 Å². The van der Waals surface area contributed by atoms with E-state index < -0.39 is 0 Å². The average molecular weight is 244 g/mol. The van der Waals surface area contributed by atoms with E-state index in [0.29, 0.717) is 16.0 Å². The first kappa shape index (κ1) is 11.3. The SMILES string of the molecule is CCC1CNCCc2cc(Cl)c(Cl)cc21. The van der Waals surface area contributed by atoms with Crippen LogP contribution in [0.15, 0.2) is 12.1 Å². The molecule has 0 fully saturated rings. The van der Waals surface area contributed by atoms with E-state index in [1.807, 2.05) is 12.1 Å². The first-order chi connectivity index (χ1) is 7.22. The minimum Gasteiger partial charge on any atom is -0.316 e. The van der Waals surface area contributed by atoms with Crippen molar-refractivity contribution < 1.29 is 0 Å². The molecule has 3 heteroatoms. The average Bonchev–Trinajstić information content (AvgIpc) is 2.41. The fourth-order valence-electron chi connectivity index (χ4n) is 2.17. The van der Waals surface area contributed by atoms with Crippen molar-refractivity contribution >= 4 is 23.2 Å². The fourth-order valence-corrected chi connectivity index (χ4v) is 2.53. The number of nitrogens with one attached hydrogen (secondary N) is 1. The maximum Gasteiger partial charge on any atom is 0.0595 e. The van der Waals surface area contributed by atoms with Crippen LogP contribution >= 0.6 is 23.2 Å². The van der Waals surface area contributed by atoms with Gasteiger partial charge in [0, 0.05) is 6.54 Å². The summed E-state index contributed by atoms with van der Waals surface area (Å²) in [5.41, 5.74) is 2.72. The molecule has 1 atom stereocenters. The summed E-state index contributed by atoms with van der Waals surface area (Å²) < 4.78 is 0. The van der Waals surface area contributed by atoms with Gasteiger partial charge in [0.1, 0.15) is 0 Å². The molecule has 0 saturated carbocycles. The molecule has 1 aliphatic heterocycles. The quantitative estimate of drug-likeness (QED) is 0.795. The lowest BCUT2D eigenvalue weighted by Gasteiger charge is -2.16. The number of fused-ring (bicyclic) bond motifs is 1. The van der Waals surface area contributed by atoms with Crippen molar-refractivity contribution in [1.29, 1.82) is 0 Å². The summed E-state index contributed by atoms with van der Waals surface area (Å²) in [5, 5.41) is 4.80. The molecule has 1 aliphatic rings. The highest BCUT2D eigenvalue weighted by atomic mass is 35.5. The first-order valence-electron chi connectivity index (χ1n) is 5.41. The summed E-state index contributed by atoms with van der Waals surface area (Å²) in [6.07, 6.45) is 2.18. The Labute approximate surface area is 101 Å². The van der Waals surface area contributed by atoms with Crippen molar-refractivity contribution in [2.75, 3.05) is 13.1 Å². The standard InChI is InChI=1S/C12H15Cl2N/c1-2-8-7-15-4-3-9-5-11(13)12(14)6-10(8)9/h5-6,8,15H,2-4,7H2,1H3. The molecule has 0 spiro atoms. The van der Waals surface area contributed by atoms with Crippen molar-refractivity contribution in [3.8, 4) is 0 Å². The van der Waals surface area contributed by atoms with Gasteiger partial charge in [0.2, 0.25) is 0 Å². The summed E-state index contributed by atoms with van der Waals surface area (Å²) in [6.45, 7) is 4.28. The Morgan fingerprint density at radius 1 is 1.33 bits per heavy atom. The third kappa shape index (κ3) is 2.30. The topological polar surface area (TPSA) is 12.0 Å². The highest BCUT2D eigenvalue weighted by molar-refractivity contribution is 6.42. The molecule has 0 aliphatic carbocycles. The van der Waals surface area contributed by atoms with Gasteiger partial charge in [-0.2, -0.15) is 0 Å². The smallest absolute Gasteiger partial charge is 0.0595 e. The van der Waals surface area contributed by atoms with Gasteiger partial charge in [-0.1, -0.05) is 30.1 Å². The number of hydrogen-bond donors (Lipinski definition) is 1. The molecule has 0 aromatic heterocycles. The van der Waals surface area contributed by atoms with Gasteiger partial charge in [0.25, 0.3) is 0 Å². The third-order valence-corrected chi connectivity index (χ3v) is 3.80. The molecule has 0 amide bonds. The van der Waals surface area contributed by atoms with E-state index in [1.54, 1.807) is 0 Å². The summed E-state index contributed by atoms with van der Waals surface area (Å²) >= 11 is 12.1. The van der Waals surface area contributed by atoms with Gasteiger partial charge in [0.05, 0.1) is 10.0 Å². The first-order valence-corrected chi connectivity index (χ1v) is 6.16. The molecule has 2 rings (SSSR count). The van der Waals surface area contributed by atoms with Gasteiger partial charge >= 0.3 is 0 Å². The van der Waals surface area contributed by atoms with Crippen LogP contribution in [0.1, 0.15) is 30.4 Å². The van der Waals surface area contributed by atoms with Crippen molar-refractivity contribution in [2.24, 2.45) is 0 Å². The maximum atomic E-state index is 6.07. The highest BCUT2D eigenvalue weighted by Gasteiger charge is 2.18. The summed E-state index contributed by atoms with van der Waals surface area (Å²) in [7, 11) is 0. The number of halogens is 2. The van der Waals surface area contributed by atoms with Crippen LogP contribution in [0.25, 0.3) is 0 Å². The van der Waals surface area contributed by atoms with E-state index in [-0.39, 0.29) is 0 Å². The molecule has 1 N–H and O–H groups in total. The third-order valence-electron chi connectivity index (χ3n) is 3.08. The molecule has 1 aromatic carbocycles. The van der Waals surface area contributed by atoms with E-state index in [2.05, 4.69) is 12.2 Å². The second kappa shape index (κ2) is 4.73. The molecule has 15 heavy (non-hydrogen) atoms. The van der Waals surface area contributed by atoms with Crippen LogP contribution in [-0.4, -0.2) is 13.1 Å². The fraction of sp³-hybridized carbons (Fsp3) is 0.500. The van der Waals surface area contributed by atoms with Crippen LogP contribution in [-0.2, 0) is 6.42 Å². The lowest BCUT2D eigenvalue weighted by molar-refractivity contribution is 0.595. The lowest BCUT2D eigenvalue weighted by Crippen LogP contribution is -2.19. The summed E-state index contributed by atoms with van der Waals surface area (Å²) in [6, 6.07) is 4.06. The van der Waals surface area contributed by atoms with Crippen LogP contribution in [0.3, 0.4) is 0 Å². The predicted octanol–water partition coefficient (Wildman–Crippen LogP) is 3.63. The van der Waals surface area contributed by atoms with Gasteiger partial charge in [0.15, 0.2) is 0 Å². The second-order valence-electron chi connectivity index (χ2n) is 4.02. The molecule has 0 saturated heterocycles. The number of hydrogen-bond acceptors (Lipinski definition) is 1. The summed E-state index contributed by atoms with van der Waals surface area (Å²) in [4.78, 5) is 0. The number of benzene rings is 1. The van der Waals surface area contributed by atoms with Gasteiger partial charge < -0.3 is 5.32 Å². The Morgan fingerprint density at radius 3 is 2.80 bits per heavy atom. The zero-order chi connectivity index (χ0) is 10.8. The van der Waals surface area contributed by atoms with Crippen LogP contribution in [0.2, 0.25) is 10.0 Å². The van der Waals surface area contributed by atoms with Crippen LogP contribution in [0.4, 0.5) is 0 Å². The van der Waals surface area contributed by atoms with Crippen molar-refractivity contribution in [3.63, 3.8) is 0 Å². The zero-order valence-electron chi connectivity index (χ0n) is 8.82. The lowest BCUT2D eigenvalue weighted by atomic mass is 9.92. The molecule has 1 heterocycles. The largest absolute Gasteiger partial charge is 0.316 e. The zero-order valence-corrected chi connectivity index (χ0v) is 10.3. The minimum atomic E-state index is 0.567. The van der Waals surface area contributed by atoms with Crippen LogP contribution in [0.5, 0.6) is 0 Å². The molecule has 1 aromatic rings. The Kier molecular flexibility index (Phi) is 3.55. The van der Waals surface area contributed by atoms with Crippen molar-refractivity contribution in [2.45, 2.75) is 25.7 Å². The van der Waals surface area contributed by atoms with E-state index >= 15 is 0 Å². The Morgan fingerprint density at radius 2 is 2.07 bits per heavy atom. The monoisotopic (exact) mass is 243 g/mol. The van der Waals surface area contributed by atoms with Crippen LogP contribution < -0.4 is 5.32 Å². The molecule has 1 unspecified atom stereocenters. The highest BCUT2D eigenvalue weighted by Crippen LogP contribution is 2.32. The van der Waals surface area contributed by atoms with Gasteiger partial charge in [-0.25, -0.2) is 0 Å². The second-order valence-corrected chi connectivity index (χ2v) is 4.84. The van der Waals surface area contributed by atoms with Gasteiger partial charge in [-0.15, -0.1) is 0 Å². The predicted molar refractivity (Wildman–Crippen MR) is 66.1 cm³/mol. The van der Waals surface area contributed by atoms with E-state index in [0.717, 1.165) is 25.9 Å². The Bertz CT molecular complexity index is 363. The van der Waals surface area contributed by atoms with E-state index in [1.165, 1.54) is 11.1 Å². The Hall–Kier alpha value is -0.240. The molecule has 82 valence electrons. The summed E-state index contributed by atoms with van der Waals surface area (Å²) in [5.74, 6) is 0.567. The van der Waals surface area contributed by atoms with Crippen LogP contribution in [0, 0.1) is 0 Å². The molecule has 0 radical (unpaired) electrons. The Balaban J connectivity index is 2.46. The van der Waals surface area contributed by atoms with Crippen molar-refractivity contribution in [1.82, 2.24) is 5.32 Å². The van der Waals surface area contributed by atoms with E-state index in [9.17, 15) is 0 Å². The molecular weight excluding hydrogens is 229 g/mol. The minimum absolute atomic E-state index is 0.567. The molecular formula is C12H15Cl2N. The van der Waals surface area contributed by atoms with Crippen molar-refractivity contribution in [3.05, 3.63) is 33.3 Å². The van der Waals surface area contributed by atoms with E-state index in [4.69, 9.17) is 23.2 Å². The maximum absolute atomic E-state index is 6.07. The van der Waals surface area contributed by atoms with Gasteiger partial charge in [-0.3, -0.25) is 0 Å². The normalized spacial score (nSPS) is 20.9. The molecule has 0 bridgehead atoms. The number of rotatable bonds is 1. The molecule has 1 nitrogen and oxygen atoms in total.